The summed E-state index contributed by atoms with van der Waals surface area (Å²) in [5.41, 5.74) is 0.724. The van der Waals surface area contributed by atoms with E-state index in [9.17, 15) is 14.9 Å². The van der Waals surface area contributed by atoms with Gasteiger partial charge in [-0.25, -0.2) is 0 Å². The number of para-hydroxylation sites is 1. The Kier molecular flexibility index (Phi) is 5.86. The Labute approximate surface area is 138 Å². The number of esters is 1. The molecule has 0 unspecified atom stereocenters. The average Bonchev–Trinajstić information content (AvgIpc) is 2.59. The predicted molar refractivity (Wildman–Crippen MR) is 84.4 cm³/mol. The zero-order valence-electron chi connectivity index (χ0n) is 12.7. The molecule has 2 aromatic rings. The van der Waals surface area contributed by atoms with E-state index in [1.54, 1.807) is 36.4 Å². The van der Waals surface area contributed by atoms with Gasteiger partial charge < -0.3 is 9.47 Å². The van der Waals surface area contributed by atoms with Gasteiger partial charge in [0, 0.05) is 11.6 Å². The van der Waals surface area contributed by atoms with E-state index in [1.807, 2.05) is 6.07 Å². The van der Waals surface area contributed by atoms with Gasteiger partial charge in [0.1, 0.15) is 19.0 Å². The van der Waals surface area contributed by atoms with Gasteiger partial charge in [-0.15, -0.1) is 0 Å². The fourth-order valence-corrected chi connectivity index (χ4v) is 1.99. The molecule has 0 aliphatic carbocycles. The van der Waals surface area contributed by atoms with Gasteiger partial charge in [-0.1, -0.05) is 18.2 Å². The quantitative estimate of drug-likeness (QED) is 0.335. The molecule has 0 aliphatic rings. The third kappa shape index (κ3) is 4.81. The Morgan fingerprint density at radius 2 is 1.83 bits per heavy atom. The lowest BCUT2D eigenvalue weighted by molar-refractivity contribution is -0.385. The van der Waals surface area contributed by atoms with E-state index in [-0.39, 0.29) is 25.3 Å². The van der Waals surface area contributed by atoms with E-state index in [2.05, 4.69) is 0 Å². The molecule has 0 N–H and O–H groups in total. The van der Waals surface area contributed by atoms with Crippen LogP contribution >= 0.6 is 0 Å². The Balaban J connectivity index is 1.77. The van der Waals surface area contributed by atoms with Gasteiger partial charge in [0.05, 0.1) is 23.0 Å². The van der Waals surface area contributed by atoms with Gasteiger partial charge in [-0.2, -0.15) is 5.26 Å². The summed E-state index contributed by atoms with van der Waals surface area (Å²) in [6, 6.07) is 14.6. The van der Waals surface area contributed by atoms with Crippen LogP contribution in [0.25, 0.3) is 0 Å². The van der Waals surface area contributed by atoms with Crippen LogP contribution in [0.1, 0.15) is 11.1 Å². The van der Waals surface area contributed by atoms with Crippen LogP contribution in [0.5, 0.6) is 5.75 Å². The number of nitro groups is 1. The van der Waals surface area contributed by atoms with Crippen molar-refractivity contribution in [3.05, 3.63) is 69.8 Å². The van der Waals surface area contributed by atoms with Crippen LogP contribution in [0.3, 0.4) is 0 Å². The largest absolute Gasteiger partial charge is 0.490 e. The number of nitro benzene ring substituents is 1. The molecular weight excluding hydrogens is 312 g/mol. The van der Waals surface area contributed by atoms with E-state index in [1.165, 1.54) is 12.1 Å². The molecule has 0 bridgehead atoms. The number of hydrogen-bond acceptors (Lipinski definition) is 6. The second kappa shape index (κ2) is 8.29. The van der Waals surface area contributed by atoms with Crippen molar-refractivity contribution >= 4 is 11.7 Å². The number of ether oxygens (including phenoxy) is 2. The highest BCUT2D eigenvalue weighted by atomic mass is 16.6. The lowest BCUT2D eigenvalue weighted by Crippen LogP contribution is -2.14. The molecule has 0 atom stereocenters. The second-order valence-corrected chi connectivity index (χ2v) is 4.77. The maximum atomic E-state index is 11.7. The fraction of sp³-hybridized carbons (Fsp3) is 0.176. The molecule has 0 saturated carbocycles. The SMILES string of the molecule is N#Cc1ccc(OCCOC(=O)Cc2ccccc2[N+](=O)[O-])cc1. The summed E-state index contributed by atoms with van der Waals surface area (Å²) in [4.78, 5) is 22.1. The molecule has 0 heterocycles. The molecule has 0 fully saturated rings. The molecule has 122 valence electrons. The van der Waals surface area contributed by atoms with Crippen LogP contribution in [0.4, 0.5) is 5.69 Å². The third-order valence-corrected chi connectivity index (χ3v) is 3.12. The zero-order chi connectivity index (χ0) is 17.4. The minimum atomic E-state index is -0.562. The van der Waals surface area contributed by atoms with Crippen molar-refractivity contribution in [3.63, 3.8) is 0 Å². The minimum absolute atomic E-state index is 0.0272. The maximum absolute atomic E-state index is 11.7. The standard InChI is InChI=1S/C17H14N2O5/c18-12-13-5-7-15(8-6-13)23-9-10-24-17(20)11-14-3-1-2-4-16(14)19(21)22/h1-8H,9-11H2. The highest BCUT2D eigenvalue weighted by molar-refractivity contribution is 5.74. The lowest BCUT2D eigenvalue weighted by atomic mass is 10.1. The molecule has 0 saturated heterocycles. The monoisotopic (exact) mass is 326 g/mol. The van der Waals surface area contributed by atoms with E-state index in [4.69, 9.17) is 14.7 Å². The summed E-state index contributed by atoms with van der Waals surface area (Å²) in [5.74, 6) is -0.00326. The maximum Gasteiger partial charge on any atom is 0.310 e. The number of carbonyl (C=O) groups is 1. The minimum Gasteiger partial charge on any atom is -0.490 e. The van der Waals surface area contributed by atoms with Crippen LogP contribution in [0.15, 0.2) is 48.5 Å². The van der Waals surface area contributed by atoms with Crippen LogP contribution in [-0.2, 0) is 16.0 Å². The zero-order valence-corrected chi connectivity index (χ0v) is 12.7. The van der Waals surface area contributed by atoms with Crippen molar-refractivity contribution in [1.82, 2.24) is 0 Å². The smallest absolute Gasteiger partial charge is 0.310 e. The number of carbonyl (C=O) groups excluding carboxylic acids is 1. The Morgan fingerprint density at radius 3 is 2.50 bits per heavy atom. The first kappa shape index (κ1) is 17.0. The first-order valence-electron chi connectivity index (χ1n) is 7.11. The molecule has 0 amide bonds. The number of nitriles is 1. The molecular formula is C17H14N2O5. The van der Waals surface area contributed by atoms with Crippen LogP contribution in [0.2, 0.25) is 0 Å². The van der Waals surface area contributed by atoms with Gasteiger partial charge in [0.15, 0.2) is 0 Å². The normalized spacial score (nSPS) is 9.79. The topological polar surface area (TPSA) is 102 Å². The molecule has 0 radical (unpaired) electrons. The van der Waals surface area contributed by atoms with Crippen LogP contribution < -0.4 is 4.74 Å². The fourth-order valence-electron chi connectivity index (χ4n) is 1.99. The summed E-state index contributed by atoms with van der Waals surface area (Å²) in [6.07, 6.45) is -0.173. The number of hydrogen-bond donors (Lipinski definition) is 0. The molecule has 0 spiro atoms. The number of rotatable bonds is 7. The van der Waals surface area contributed by atoms with Crippen molar-refractivity contribution in [2.75, 3.05) is 13.2 Å². The van der Waals surface area contributed by atoms with Crippen molar-refractivity contribution in [2.45, 2.75) is 6.42 Å². The summed E-state index contributed by atoms with van der Waals surface area (Å²) < 4.78 is 10.4. The number of nitrogens with zero attached hydrogens (tertiary/aromatic N) is 2. The van der Waals surface area contributed by atoms with Crippen molar-refractivity contribution in [3.8, 4) is 11.8 Å². The van der Waals surface area contributed by atoms with Gasteiger partial charge in [-0.3, -0.25) is 14.9 Å². The summed E-state index contributed by atoms with van der Waals surface area (Å²) in [7, 11) is 0. The first-order chi connectivity index (χ1) is 11.6. The Hall–Kier alpha value is -3.40. The van der Waals surface area contributed by atoms with E-state index in [0.717, 1.165) is 0 Å². The summed E-state index contributed by atoms with van der Waals surface area (Å²) in [5, 5.41) is 19.6. The highest BCUT2D eigenvalue weighted by Gasteiger charge is 2.16. The van der Waals surface area contributed by atoms with Gasteiger partial charge in [0.25, 0.3) is 5.69 Å². The highest BCUT2D eigenvalue weighted by Crippen LogP contribution is 2.18. The van der Waals surface area contributed by atoms with Crippen LogP contribution in [-0.4, -0.2) is 24.1 Å². The van der Waals surface area contributed by atoms with Gasteiger partial charge >= 0.3 is 5.97 Å². The Bertz CT molecular complexity index is 765. The van der Waals surface area contributed by atoms with E-state index < -0.39 is 10.9 Å². The molecule has 0 aliphatic heterocycles. The van der Waals surface area contributed by atoms with Crippen LogP contribution in [0, 0.1) is 21.4 Å². The molecule has 0 aromatic heterocycles. The Morgan fingerprint density at radius 1 is 1.12 bits per heavy atom. The predicted octanol–water partition coefficient (Wildman–Crippen LogP) is 2.63. The molecule has 24 heavy (non-hydrogen) atoms. The average molecular weight is 326 g/mol. The van der Waals surface area contributed by atoms with Gasteiger partial charge in [-0.05, 0) is 24.3 Å². The van der Waals surface area contributed by atoms with Crippen molar-refractivity contribution in [2.24, 2.45) is 0 Å². The van der Waals surface area contributed by atoms with E-state index in [0.29, 0.717) is 16.9 Å². The van der Waals surface area contributed by atoms with Crippen molar-refractivity contribution < 1.29 is 19.2 Å². The van der Waals surface area contributed by atoms with Crippen molar-refractivity contribution in [1.29, 1.82) is 5.26 Å². The molecule has 7 nitrogen and oxygen atoms in total. The third-order valence-electron chi connectivity index (χ3n) is 3.12. The molecule has 2 rings (SSSR count). The van der Waals surface area contributed by atoms with E-state index >= 15 is 0 Å². The molecule has 2 aromatic carbocycles. The molecule has 7 heteroatoms. The first-order valence-corrected chi connectivity index (χ1v) is 7.11. The lowest BCUT2D eigenvalue weighted by Gasteiger charge is -2.07. The number of benzene rings is 2. The summed E-state index contributed by atoms with van der Waals surface area (Å²) in [6.45, 7) is 0.175. The second-order valence-electron chi connectivity index (χ2n) is 4.77. The van der Waals surface area contributed by atoms with Gasteiger partial charge in [0.2, 0.25) is 0 Å². The summed E-state index contributed by atoms with van der Waals surface area (Å²) >= 11 is 0.